The van der Waals surface area contributed by atoms with E-state index in [4.69, 9.17) is 24.9 Å². The van der Waals surface area contributed by atoms with Gasteiger partial charge in [-0.2, -0.15) is 0 Å². The van der Waals surface area contributed by atoms with Gasteiger partial charge in [-0.25, -0.2) is 14.8 Å². The monoisotopic (exact) mass is 574 g/mol. The second kappa shape index (κ2) is 13.6. The molecule has 0 aliphatic rings. The van der Waals surface area contributed by atoms with E-state index in [1.165, 1.54) is 12.0 Å². The highest BCUT2D eigenvalue weighted by Crippen LogP contribution is 2.26. The Balaban J connectivity index is 1.51. The number of ether oxygens (including phenoxy) is 3. The summed E-state index contributed by atoms with van der Waals surface area (Å²) in [6, 6.07) is 17.6. The minimum atomic E-state index is -0.721. The number of hydrogen-bond acceptors (Lipinski definition) is 9. The van der Waals surface area contributed by atoms with Gasteiger partial charge in [0.2, 0.25) is 0 Å². The minimum absolute atomic E-state index is 0.0263. The number of nitrogens with one attached hydrogen (secondary N) is 1. The number of rotatable bonds is 11. The second-order valence-corrected chi connectivity index (χ2v) is 9.37. The molecule has 0 fully saturated rings. The van der Waals surface area contributed by atoms with E-state index in [1.54, 1.807) is 67.7 Å². The Morgan fingerprint density at radius 1 is 1.10 bits per heavy atom. The van der Waals surface area contributed by atoms with Crippen molar-refractivity contribution in [3.05, 3.63) is 83.8 Å². The van der Waals surface area contributed by atoms with Crippen LogP contribution in [0.25, 0.3) is 11.0 Å². The number of aryl methyl sites for hydroxylation is 1. The lowest BCUT2D eigenvalue weighted by Gasteiger charge is -2.21. The standard InChI is InChI=1S/C30H34N6O6/c1-5-41-30(39)34-27(31)20-9-12-22(13-10-20)42-19(2)28-33-23-18-21(11-14-24(23)35(28)3)29(38)36(17-15-26(37)40-4)25-8-6-7-16-32-25/h6-14,16,18-19,27H,5,15,17,31H2,1-4H3,(H,34,39). The number of esters is 1. The Bertz CT molecular complexity index is 1540. The van der Waals surface area contributed by atoms with Gasteiger partial charge in [0.15, 0.2) is 11.9 Å². The van der Waals surface area contributed by atoms with Crippen LogP contribution >= 0.6 is 0 Å². The summed E-state index contributed by atoms with van der Waals surface area (Å²) in [4.78, 5) is 47.5. The van der Waals surface area contributed by atoms with Crippen LogP contribution in [-0.4, -0.2) is 52.8 Å². The van der Waals surface area contributed by atoms with Crippen LogP contribution in [0, 0.1) is 0 Å². The molecule has 3 N–H and O–H groups in total. The number of amides is 2. The van der Waals surface area contributed by atoms with Gasteiger partial charge in [-0.15, -0.1) is 0 Å². The number of hydrogen-bond donors (Lipinski definition) is 2. The van der Waals surface area contributed by atoms with Gasteiger partial charge in [0.25, 0.3) is 5.91 Å². The van der Waals surface area contributed by atoms with Gasteiger partial charge in [0.1, 0.15) is 17.7 Å². The first-order valence-corrected chi connectivity index (χ1v) is 13.4. The fraction of sp³-hybridized carbons (Fsp3) is 0.300. The summed E-state index contributed by atoms with van der Waals surface area (Å²) in [5, 5.41) is 2.56. The van der Waals surface area contributed by atoms with Crippen molar-refractivity contribution in [1.29, 1.82) is 0 Å². The Labute approximate surface area is 243 Å². The maximum atomic E-state index is 13.6. The normalized spacial score (nSPS) is 12.3. The van der Waals surface area contributed by atoms with Crippen molar-refractivity contribution in [2.45, 2.75) is 32.5 Å². The summed E-state index contributed by atoms with van der Waals surface area (Å²) < 4.78 is 17.7. The van der Waals surface area contributed by atoms with Crippen LogP contribution in [0.3, 0.4) is 0 Å². The molecule has 42 heavy (non-hydrogen) atoms. The zero-order valence-corrected chi connectivity index (χ0v) is 23.9. The number of nitrogens with zero attached hydrogens (tertiary/aromatic N) is 4. The number of alkyl carbamates (subject to hydrolysis) is 1. The lowest BCUT2D eigenvalue weighted by Crippen LogP contribution is -2.34. The molecule has 4 aromatic rings. The van der Waals surface area contributed by atoms with Gasteiger partial charge < -0.3 is 29.8 Å². The van der Waals surface area contributed by atoms with E-state index in [9.17, 15) is 14.4 Å². The maximum absolute atomic E-state index is 13.6. The number of carbonyl (C=O) groups is 3. The lowest BCUT2D eigenvalue weighted by atomic mass is 10.1. The SMILES string of the molecule is CCOC(=O)NC(N)c1ccc(OC(C)c2nc3cc(C(=O)N(CCC(=O)OC)c4ccccn4)ccc3n2C)cc1. The molecule has 2 heterocycles. The first-order chi connectivity index (χ1) is 20.2. The molecule has 2 amide bonds. The Hall–Kier alpha value is -4.97. The van der Waals surface area contributed by atoms with E-state index < -0.39 is 24.3 Å². The maximum Gasteiger partial charge on any atom is 0.408 e. The predicted molar refractivity (Wildman–Crippen MR) is 156 cm³/mol. The van der Waals surface area contributed by atoms with E-state index >= 15 is 0 Å². The fourth-order valence-corrected chi connectivity index (χ4v) is 4.40. The van der Waals surface area contributed by atoms with Crippen molar-refractivity contribution in [3.8, 4) is 5.75 Å². The number of fused-ring (bicyclic) bond motifs is 1. The largest absolute Gasteiger partial charge is 0.483 e. The van der Waals surface area contributed by atoms with Gasteiger partial charge in [0, 0.05) is 25.4 Å². The molecule has 0 radical (unpaired) electrons. The number of aromatic nitrogens is 3. The summed E-state index contributed by atoms with van der Waals surface area (Å²) in [5.41, 5.74) is 8.57. The Morgan fingerprint density at radius 2 is 1.86 bits per heavy atom. The van der Waals surface area contributed by atoms with E-state index in [2.05, 4.69) is 10.3 Å². The van der Waals surface area contributed by atoms with Crippen molar-refractivity contribution < 1.29 is 28.6 Å². The summed E-state index contributed by atoms with van der Waals surface area (Å²) in [5.74, 6) is 0.944. The molecular formula is C30H34N6O6. The molecule has 0 bridgehead atoms. The van der Waals surface area contributed by atoms with Gasteiger partial charge in [-0.05, 0) is 61.9 Å². The summed E-state index contributed by atoms with van der Waals surface area (Å²) in [7, 11) is 3.19. The van der Waals surface area contributed by atoms with Gasteiger partial charge in [-0.3, -0.25) is 14.5 Å². The molecule has 2 unspecified atom stereocenters. The van der Waals surface area contributed by atoms with Gasteiger partial charge in [0.05, 0.1) is 31.2 Å². The van der Waals surface area contributed by atoms with Crippen molar-refractivity contribution in [1.82, 2.24) is 19.9 Å². The molecule has 2 atom stereocenters. The van der Waals surface area contributed by atoms with Crippen LogP contribution in [0.2, 0.25) is 0 Å². The summed E-state index contributed by atoms with van der Waals surface area (Å²) in [6.45, 7) is 3.96. The van der Waals surface area contributed by atoms with Crippen LogP contribution in [0.1, 0.15) is 54.3 Å². The highest BCUT2D eigenvalue weighted by Gasteiger charge is 2.22. The first-order valence-electron chi connectivity index (χ1n) is 13.4. The number of benzene rings is 2. The molecule has 0 aliphatic carbocycles. The molecule has 12 heteroatoms. The quantitative estimate of drug-likeness (QED) is 0.200. The molecule has 2 aromatic heterocycles. The van der Waals surface area contributed by atoms with Crippen molar-refractivity contribution >= 4 is 34.8 Å². The second-order valence-electron chi connectivity index (χ2n) is 9.37. The lowest BCUT2D eigenvalue weighted by molar-refractivity contribution is -0.140. The van der Waals surface area contributed by atoms with Crippen molar-refractivity contribution in [2.75, 3.05) is 25.2 Å². The van der Waals surface area contributed by atoms with E-state index in [0.717, 1.165) is 5.52 Å². The minimum Gasteiger partial charge on any atom is -0.483 e. The zero-order valence-electron chi connectivity index (χ0n) is 23.9. The van der Waals surface area contributed by atoms with Gasteiger partial charge in [-0.1, -0.05) is 18.2 Å². The highest BCUT2D eigenvalue weighted by molar-refractivity contribution is 6.07. The fourth-order valence-electron chi connectivity index (χ4n) is 4.40. The van der Waals surface area contributed by atoms with E-state index in [-0.39, 0.29) is 25.5 Å². The van der Waals surface area contributed by atoms with Gasteiger partial charge >= 0.3 is 12.1 Å². The van der Waals surface area contributed by atoms with Crippen molar-refractivity contribution in [3.63, 3.8) is 0 Å². The number of nitrogens with two attached hydrogens (primary N) is 1. The number of imidazole rings is 1. The molecule has 0 saturated heterocycles. The Morgan fingerprint density at radius 3 is 2.52 bits per heavy atom. The predicted octanol–water partition coefficient (Wildman–Crippen LogP) is 4.02. The molecule has 2 aromatic carbocycles. The number of anilines is 1. The van der Waals surface area contributed by atoms with Crippen LogP contribution in [0.4, 0.5) is 10.6 Å². The van der Waals surface area contributed by atoms with Crippen LogP contribution in [0.15, 0.2) is 66.9 Å². The average Bonchev–Trinajstić information content (AvgIpc) is 3.33. The highest BCUT2D eigenvalue weighted by atomic mass is 16.5. The molecule has 12 nitrogen and oxygen atoms in total. The number of methoxy groups -OCH3 is 1. The van der Waals surface area contributed by atoms with Crippen LogP contribution in [0.5, 0.6) is 5.75 Å². The molecule has 0 saturated carbocycles. The molecule has 0 spiro atoms. The van der Waals surface area contributed by atoms with Crippen LogP contribution in [-0.2, 0) is 21.3 Å². The third kappa shape index (κ3) is 7.02. The van der Waals surface area contributed by atoms with E-state index in [1.807, 2.05) is 24.6 Å². The third-order valence-corrected chi connectivity index (χ3v) is 6.57. The smallest absolute Gasteiger partial charge is 0.408 e. The Kier molecular flexibility index (Phi) is 9.71. The van der Waals surface area contributed by atoms with Crippen LogP contribution < -0.4 is 20.7 Å². The van der Waals surface area contributed by atoms with Crippen molar-refractivity contribution in [2.24, 2.45) is 12.8 Å². The summed E-state index contributed by atoms with van der Waals surface area (Å²) >= 11 is 0. The number of carbonyl (C=O) groups excluding carboxylic acids is 3. The average molecular weight is 575 g/mol. The van der Waals surface area contributed by atoms with E-state index in [0.29, 0.717) is 34.0 Å². The topological polar surface area (TPSA) is 151 Å². The first kappa shape index (κ1) is 30.0. The summed E-state index contributed by atoms with van der Waals surface area (Å²) in [6.07, 6.45) is -0.120. The zero-order chi connectivity index (χ0) is 30.2. The number of pyridine rings is 1. The third-order valence-electron chi connectivity index (χ3n) is 6.57. The molecular weight excluding hydrogens is 540 g/mol. The molecule has 4 rings (SSSR count). The molecule has 220 valence electrons. The molecule has 0 aliphatic heterocycles.